The topological polar surface area (TPSA) is 85.2 Å². The summed E-state index contributed by atoms with van der Waals surface area (Å²) in [6, 6.07) is 15.3. The highest BCUT2D eigenvalue weighted by molar-refractivity contribution is 9.10. The third-order valence-corrected chi connectivity index (χ3v) is 6.07. The molecule has 0 atom stereocenters. The minimum atomic E-state index is -0.719. The summed E-state index contributed by atoms with van der Waals surface area (Å²) in [7, 11) is 0. The first kappa shape index (κ1) is 24.8. The number of amides is 1. The molecule has 33 heavy (non-hydrogen) atoms. The van der Waals surface area contributed by atoms with Gasteiger partial charge in [0.25, 0.3) is 0 Å². The highest BCUT2D eigenvalue weighted by atomic mass is 79.9. The number of carbonyl (C=O) groups is 2. The van der Waals surface area contributed by atoms with Crippen LogP contribution in [0.1, 0.15) is 37.8 Å². The van der Waals surface area contributed by atoms with Gasteiger partial charge in [0.05, 0.1) is 11.5 Å². The van der Waals surface area contributed by atoms with E-state index in [9.17, 15) is 14.7 Å². The van der Waals surface area contributed by atoms with Crippen molar-refractivity contribution < 1.29 is 24.2 Å². The Bertz CT molecular complexity index is 1120. The standard InChI is InChI=1S/C25H24BrNO5S/c1-3-8-21(28)27-24-22(25(30)31-4-2)23(29)20(33-24)14-17-13-18(26)11-12-19(17)32-15-16-9-6-5-7-10-16/h5-7,9-14,29H,3-4,8,15H2,1-2H3/b20-14-,27-24?. The molecule has 0 fully saturated rings. The first-order valence-corrected chi connectivity index (χ1v) is 12.1. The lowest BCUT2D eigenvalue weighted by molar-refractivity contribution is -0.138. The summed E-state index contributed by atoms with van der Waals surface area (Å²) in [5.41, 5.74) is 1.61. The minimum Gasteiger partial charge on any atom is -0.506 e. The van der Waals surface area contributed by atoms with E-state index in [-0.39, 0.29) is 35.3 Å². The zero-order valence-electron chi connectivity index (χ0n) is 18.3. The molecule has 0 spiro atoms. The van der Waals surface area contributed by atoms with Gasteiger partial charge in [-0.2, -0.15) is 0 Å². The number of hydrogen-bond acceptors (Lipinski definition) is 6. The number of rotatable bonds is 8. The first-order chi connectivity index (χ1) is 15.9. The Hall–Kier alpha value is -2.84. The summed E-state index contributed by atoms with van der Waals surface area (Å²) in [6.07, 6.45) is 2.59. The van der Waals surface area contributed by atoms with Crippen molar-refractivity contribution in [2.24, 2.45) is 4.99 Å². The van der Waals surface area contributed by atoms with E-state index in [0.717, 1.165) is 21.8 Å². The van der Waals surface area contributed by atoms with Crippen LogP contribution in [0.15, 0.2) is 74.2 Å². The molecule has 172 valence electrons. The molecule has 0 radical (unpaired) electrons. The maximum atomic E-state index is 12.5. The summed E-state index contributed by atoms with van der Waals surface area (Å²) in [6.45, 7) is 4.05. The normalized spacial score (nSPS) is 15.8. The largest absolute Gasteiger partial charge is 0.506 e. The van der Waals surface area contributed by atoms with E-state index in [4.69, 9.17) is 9.47 Å². The number of halogens is 1. The molecular formula is C25H24BrNO5S. The van der Waals surface area contributed by atoms with E-state index in [1.165, 1.54) is 0 Å². The number of benzene rings is 2. The summed E-state index contributed by atoms with van der Waals surface area (Å²) in [5.74, 6) is -0.738. The smallest absolute Gasteiger partial charge is 0.344 e. The Balaban J connectivity index is 1.96. The molecule has 3 rings (SSSR count). The quantitative estimate of drug-likeness (QED) is 0.408. The van der Waals surface area contributed by atoms with Gasteiger partial charge in [0.2, 0.25) is 5.91 Å². The van der Waals surface area contributed by atoms with Crippen LogP contribution in [0, 0.1) is 0 Å². The van der Waals surface area contributed by atoms with E-state index in [1.54, 1.807) is 13.0 Å². The van der Waals surface area contributed by atoms with Crippen LogP contribution in [-0.4, -0.2) is 28.6 Å². The summed E-state index contributed by atoms with van der Waals surface area (Å²) >= 11 is 4.52. The monoisotopic (exact) mass is 529 g/mol. The molecule has 1 aliphatic heterocycles. The fourth-order valence-corrected chi connectivity index (χ4v) is 4.42. The van der Waals surface area contributed by atoms with Gasteiger partial charge >= 0.3 is 5.97 Å². The second kappa shape index (κ2) is 11.9. The lowest BCUT2D eigenvalue weighted by atomic mass is 10.1. The van der Waals surface area contributed by atoms with Gasteiger partial charge in [0.15, 0.2) is 0 Å². The van der Waals surface area contributed by atoms with Crippen LogP contribution in [0.4, 0.5) is 0 Å². The van der Waals surface area contributed by atoms with Gasteiger partial charge in [-0.1, -0.05) is 64.9 Å². The second-order valence-corrected chi connectivity index (χ2v) is 9.02. The highest BCUT2D eigenvalue weighted by Gasteiger charge is 2.34. The number of hydrogen-bond donors (Lipinski definition) is 1. The van der Waals surface area contributed by atoms with Crippen molar-refractivity contribution in [1.82, 2.24) is 0 Å². The van der Waals surface area contributed by atoms with Gasteiger partial charge in [-0.15, -0.1) is 0 Å². The summed E-state index contributed by atoms with van der Waals surface area (Å²) < 4.78 is 11.9. The predicted octanol–water partition coefficient (Wildman–Crippen LogP) is 6.22. The van der Waals surface area contributed by atoms with Gasteiger partial charge < -0.3 is 14.6 Å². The SMILES string of the molecule is CCCC(=O)N=C1S/C(=C\c2cc(Br)ccc2OCc2ccccc2)C(O)=C1C(=O)OCC. The number of ether oxygens (including phenoxy) is 2. The Labute approximate surface area is 205 Å². The van der Waals surface area contributed by atoms with Crippen molar-refractivity contribution >= 4 is 50.7 Å². The van der Waals surface area contributed by atoms with E-state index >= 15 is 0 Å². The van der Waals surface area contributed by atoms with Crippen molar-refractivity contribution in [2.75, 3.05) is 6.61 Å². The molecule has 0 saturated carbocycles. The molecule has 1 amide bonds. The number of aliphatic hydroxyl groups excluding tert-OH is 1. The number of thioether (sulfide) groups is 1. The molecule has 0 aromatic heterocycles. The lowest BCUT2D eigenvalue weighted by Gasteiger charge is -2.11. The lowest BCUT2D eigenvalue weighted by Crippen LogP contribution is -2.14. The second-order valence-electron chi connectivity index (χ2n) is 7.07. The zero-order chi connectivity index (χ0) is 23.8. The maximum Gasteiger partial charge on any atom is 0.344 e. The average molecular weight is 530 g/mol. The van der Waals surface area contributed by atoms with Gasteiger partial charge in [0, 0.05) is 16.5 Å². The van der Waals surface area contributed by atoms with Crippen molar-refractivity contribution in [2.45, 2.75) is 33.3 Å². The minimum absolute atomic E-state index is 0.0979. The van der Waals surface area contributed by atoms with Crippen LogP contribution in [0.3, 0.4) is 0 Å². The van der Waals surface area contributed by atoms with Gasteiger partial charge in [-0.05, 0) is 43.2 Å². The Morgan fingerprint density at radius 1 is 1.15 bits per heavy atom. The van der Waals surface area contributed by atoms with Crippen LogP contribution >= 0.6 is 27.7 Å². The third kappa shape index (κ3) is 6.58. The van der Waals surface area contributed by atoms with Crippen molar-refractivity contribution in [3.63, 3.8) is 0 Å². The van der Waals surface area contributed by atoms with Crippen LogP contribution in [0.25, 0.3) is 6.08 Å². The van der Waals surface area contributed by atoms with Gasteiger partial charge in [-0.3, -0.25) is 4.79 Å². The fourth-order valence-electron chi connectivity index (χ4n) is 3.01. The summed E-state index contributed by atoms with van der Waals surface area (Å²) in [4.78, 5) is 29.0. The molecule has 0 saturated heterocycles. The molecule has 1 N–H and O–H groups in total. The molecule has 2 aromatic carbocycles. The average Bonchev–Trinajstić information content (AvgIpc) is 3.08. The van der Waals surface area contributed by atoms with Crippen molar-refractivity contribution in [3.8, 4) is 5.75 Å². The number of aliphatic hydroxyl groups is 1. The summed E-state index contributed by atoms with van der Waals surface area (Å²) in [5, 5.41) is 11.0. The molecule has 0 unspecified atom stereocenters. The molecule has 8 heteroatoms. The number of aliphatic imine (C=N–C) groups is 1. The van der Waals surface area contributed by atoms with Crippen LogP contribution < -0.4 is 4.74 Å². The third-order valence-electron chi connectivity index (χ3n) is 4.56. The molecule has 0 bridgehead atoms. The van der Waals surface area contributed by atoms with Crippen LogP contribution in [-0.2, 0) is 20.9 Å². The Kier molecular flexibility index (Phi) is 8.91. The van der Waals surface area contributed by atoms with Crippen molar-refractivity contribution in [3.05, 3.63) is 80.4 Å². The van der Waals surface area contributed by atoms with Crippen LogP contribution in [0.5, 0.6) is 5.75 Å². The molecule has 6 nitrogen and oxygen atoms in total. The number of carbonyl (C=O) groups excluding carboxylic acids is 2. The van der Waals surface area contributed by atoms with E-state index < -0.39 is 5.97 Å². The maximum absolute atomic E-state index is 12.5. The highest BCUT2D eigenvalue weighted by Crippen LogP contribution is 2.40. The van der Waals surface area contributed by atoms with Crippen LogP contribution in [0.2, 0.25) is 0 Å². The van der Waals surface area contributed by atoms with E-state index in [2.05, 4.69) is 20.9 Å². The fraction of sp³-hybridized carbons (Fsp3) is 0.240. The van der Waals surface area contributed by atoms with Gasteiger partial charge in [0.1, 0.15) is 28.7 Å². The van der Waals surface area contributed by atoms with E-state index in [0.29, 0.717) is 29.2 Å². The molecule has 0 aliphatic carbocycles. The van der Waals surface area contributed by atoms with E-state index in [1.807, 2.05) is 55.5 Å². The molecule has 2 aromatic rings. The van der Waals surface area contributed by atoms with Gasteiger partial charge in [-0.25, -0.2) is 9.79 Å². The Morgan fingerprint density at radius 3 is 2.61 bits per heavy atom. The number of nitrogens with zero attached hydrogens (tertiary/aromatic N) is 1. The molecular weight excluding hydrogens is 506 g/mol. The molecule has 1 heterocycles. The zero-order valence-corrected chi connectivity index (χ0v) is 20.7. The number of esters is 1. The molecule has 1 aliphatic rings. The Morgan fingerprint density at radius 2 is 1.91 bits per heavy atom. The van der Waals surface area contributed by atoms with Crippen molar-refractivity contribution in [1.29, 1.82) is 0 Å². The predicted molar refractivity (Wildman–Crippen MR) is 134 cm³/mol. The first-order valence-electron chi connectivity index (χ1n) is 10.5.